The first-order valence-electron chi connectivity index (χ1n) is 8.84. The largest absolute Gasteiger partial charge is 0.467 e. The Labute approximate surface area is 181 Å². The first-order chi connectivity index (χ1) is 14.2. The molecule has 7 heteroatoms. The Morgan fingerprint density at radius 1 is 1.00 bits per heavy atom. The van der Waals surface area contributed by atoms with E-state index in [-0.39, 0.29) is 5.91 Å². The number of nitrogens with zero attached hydrogens (tertiary/aromatic N) is 3. The molecule has 0 saturated carbocycles. The Morgan fingerprint density at radius 3 is 2.52 bits per heavy atom. The Balaban J connectivity index is 1.60. The smallest absolute Gasteiger partial charge is 0.267 e. The zero-order valence-electron chi connectivity index (χ0n) is 15.2. The van der Waals surface area contributed by atoms with Crippen molar-refractivity contribution in [1.29, 1.82) is 0 Å². The summed E-state index contributed by atoms with van der Waals surface area (Å²) in [5.74, 6) is 0.567. The Kier molecular flexibility index (Phi) is 6.07. The number of halogens is 1. The average molecular weight is 466 g/mol. The van der Waals surface area contributed by atoms with Gasteiger partial charge in [-0.25, -0.2) is 0 Å². The highest BCUT2D eigenvalue weighted by atomic mass is 79.9. The third-order valence-electron chi connectivity index (χ3n) is 4.10. The summed E-state index contributed by atoms with van der Waals surface area (Å²) in [5, 5.41) is 9.00. The lowest BCUT2D eigenvalue weighted by Gasteiger charge is -2.12. The molecule has 0 bridgehead atoms. The van der Waals surface area contributed by atoms with Gasteiger partial charge in [-0.1, -0.05) is 58.4 Å². The third kappa shape index (κ3) is 4.93. The van der Waals surface area contributed by atoms with E-state index in [9.17, 15) is 4.79 Å². The zero-order chi connectivity index (χ0) is 20.1. The molecule has 0 spiro atoms. The van der Waals surface area contributed by atoms with Gasteiger partial charge in [-0.15, -0.1) is 5.10 Å². The second kappa shape index (κ2) is 9.07. The Morgan fingerprint density at radius 2 is 1.79 bits per heavy atom. The van der Waals surface area contributed by atoms with Crippen molar-refractivity contribution >= 4 is 51.1 Å². The molecule has 5 nitrogen and oxygen atoms in total. The fourth-order valence-electron chi connectivity index (χ4n) is 2.67. The quantitative estimate of drug-likeness (QED) is 0.282. The molecule has 1 aliphatic heterocycles. The lowest BCUT2D eigenvalue weighted by Crippen LogP contribution is -2.28. The molecule has 1 aliphatic rings. The van der Waals surface area contributed by atoms with Crippen LogP contribution in [-0.4, -0.2) is 22.2 Å². The van der Waals surface area contributed by atoms with Crippen LogP contribution in [0.1, 0.15) is 16.9 Å². The van der Waals surface area contributed by atoms with Crippen molar-refractivity contribution in [2.24, 2.45) is 10.2 Å². The van der Waals surface area contributed by atoms with Crippen LogP contribution in [0.3, 0.4) is 0 Å². The van der Waals surface area contributed by atoms with Gasteiger partial charge in [-0.3, -0.25) is 9.69 Å². The van der Waals surface area contributed by atoms with Crippen molar-refractivity contribution in [2.75, 3.05) is 0 Å². The lowest BCUT2D eigenvalue weighted by molar-refractivity contribution is -0.122. The monoisotopic (exact) mass is 465 g/mol. The van der Waals surface area contributed by atoms with E-state index >= 15 is 0 Å². The van der Waals surface area contributed by atoms with E-state index < -0.39 is 0 Å². The summed E-state index contributed by atoms with van der Waals surface area (Å²) in [6, 6.07) is 21.1. The normalized spacial score (nSPS) is 17.1. The average Bonchev–Trinajstić information content (AvgIpc) is 3.35. The predicted octanol–water partition coefficient (Wildman–Crippen LogP) is 5.55. The maximum absolute atomic E-state index is 13.0. The highest BCUT2D eigenvalue weighted by molar-refractivity contribution is 9.10. The van der Waals surface area contributed by atoms with E-state index in [1.54, 1.807) is 23.4 Å². The second-order valence-corrected chi connectivity index (χ2v) is 8.10. The van der Waals surface area contributed by atoms with E-state index in [0.29, 0.717) is 22.4 Å². The molecule has 1 amide bonds. The van der Waals surface area contributed by atoms with Gasteiger partial charge in [0.2, 0.25) is 0 Å². The number of rotatable bonds is 5. The first-order valence-corrected chi connectivity index (χ1v) is 10.5. The van der Waals surface area contributed by atoms with Gasteiger partial charge in [-0.2, -0.15) is 5.10 Å². The summed E-state index contributed by atoms with van der Waals surface area (Å²) in [7, 11) is 0. The molecule has 0 N–H and O–H groups in total. The van der Waals surface area contributed by atoms with E-state index in [0.717, 1.165) is 15.6 Å². The van der Waals surface area contributed by atoms with Crippen LogP contribution in [0, 0.1) is 0 Å². The molecule has 1 saturated heterocycles. The van der Waals surface area contributed by atoms with Crippen molar-refractivity contribution in [1.82, 2.24) is 4.90 Å². The number of thioether (sulfide) groups is 1. The summed E-state index contributed by atoms with van der Waals surface area (Å²) >= 11 is 4.71. The van der Waals surface area contributed by atoms with Crippen LogP contribution in [0.4, 0.5) is 0 Å². The molecule has 0 unspecified atom stereocenters. The molecule has 4 rings (SSSR count). The minimum absolute atomic E-state index is 0.118. The summed E-state index contributed by atoms with van der Waals surface area (Å²) in [4.78, 5) is 15.2. The number of furan rings is 1. The molecular weight excluding hydrogens is 450 g/mol. The number of benzene rings is 2. The Bertz CT molecular complexity index is 1080. The van der Waals surface area contributed by atoms with Crippen molar-refractivity contribution in [3.8, 4) is 0 Å². The van der Waals surface area contributed by atoms with Crippen LogP contribution >= 0.6 is 27.7 Å². The molecule has 3 aromatic rings. The van der Waals surface area contributed by atoms with Crippen LogP contribution in [0.25, 0.3) is 6.08 Å². The fourth-order valence-corrected chi connectivity index (χ4v) is 3.87. The zero-order valence-corrected chi connectivity index (χ0v) is 17.6. The van der Waals surface area contributed by atoms with Gasteiger partial charge in [-0.05, 0) is 53.2 Å². The maximum Gasteiger partial charge on any atom is 0.267 e. The molecule has 1 aromatic heterocycles. The van der Waals surface area contributed by atoms with E-state index in [1.165, 1.54) is 11.8 Å². The highest BCUT2D eigenvalue weighted by Crippen LogP contribution is 2.33. The molecule has 2 heterocycles. The van der Waals surface area contributed by atoms with Gasteiger partial charge < -0.3 is 4.42 Å². The number of hydrogen-bond acceptors (Lipinski definition) is 5. The van der Waals surface area contributed by atoms with E-state index in [1.807, 2.05) is 66.7 Å². The summed E-state index contributed by atoms with van der Waals surface area (Å²) < 4.78 is 6.41. The molecule has 1 fully saturated rings. The SMILES string of the molecule is O=C1/C(=C/c2ccccc2)S/C(=N/N=C\c2ccc(Br)cc2)N1Cc1ccco1. The van der Waals surface area contributed by atoms with Crippen LogP contribution in [0.5, 0.6) is 0 Å². The summed E-state index contributed by atoms with van der Waals surface area (Å²) in [6.45, 7) is 0.303. The van der Waals surface area contributed by atoms with E-state index in [2.05, 4.69) is 26.1 Å². The maximum atomic E-state index is 13.0. The third-order valence-corrected chi connectivity index (χ3v) is 5.63. The van der Waals surface area contributed by atoms with Gasteiger partial charge in [0.25, 0.3) is 5.91 Å². The topological polar surface area (TPSA) is 58.2 Å². The van der Waals surface area contributed by atoms with Gasteiger partial charge in [0, 0.05) is 4.47 Å². The van der Waals surface area contributed by atoms with Crippen molar-refractivity contribution in [2.45, 2.75) is 6.54 Å². The predicted molar refractivity (Wildman–Crippen MR) is 120 cm³/mol. The molecule has 144 valence electrons. The van der Waals surface area contributed by atoms with Gasteiger partial charge in [0.1, 0.15) is 5.76 Å². The van der Waals surface area contributed by atoms with Gasteiger partial charge in [0.15, 0.2) is 5.17 Å². The van der Waals surface area contributed by atoms with Crippen molar-refractivity contribution in [3.63, 3.8) is 0 Å². The van der Waals surface area contributed by atoms with Gasteiger partial charge in [0.05, 0.1) is 23.9 Å². The Hall–Kier alpha value is -2.90. The number of carbonyl (C=O) groups is 1. The first kappa shape index (κ1) is 19.4. The second-order valence-electron chi connectivity index (χ2n) is 6.17. The number of hydrogen-bond donors (Lipinski definition) is 0. The summed E-state index contributed by atoms with van der Waals surface area (Å²) in [6.07, 6.45) is 5.11. The van der Waals surface area contributed by atoms with Crippen molar-refractivity contribution < 1.29 is 9.21 Å². The minimum atomic E-state index is -0.118. The van der Waals surface area contributed by atoms with Crippen LogP contribution < -0.4 is 0 Å². The van der Waals surface area contributed by atoms with Crippen molar-refractivity contribution in [3.05, 3.63) is 99.3 Å². The summed E-state index contributed by atoms with van der Waals surface area (Å²) in [5.41, 5.74) is 1.88. The molecule has 29 heavy (non-hydrogen) atoms. The molecule has 0 radical (unpaired) electrons. The molecule has 0 atom stereocenters. The van der Waals surface area contributed by atoms with Gasteiger partial charge >= 0.3 is 0 Å². The number of amidine groups is 1. The number of carbonyl (C=O) groups excluding carboxylic acids is 1. The fraction of sp³-hybridized carbons (Fsp3) is 0.0455. The van der Waals surface area contributed by atoms with Crippen LogP contribution in [-0.2, 0) is 11.3 Å². The van der Waals surface area contributed by atoms with Crippen LogP contribution in [0.15, 0.2) is 97.0 Å². The number of amides is 1. The standard InChI is InChI=1S/C22H16BrN3O2S/c23-18-10-8-17(9-11-18)14-24-25-22-26(15-19-7-4-12-28-19)21(27)20(29-22)13-16-5-2-1-3-6-16/h1-14H,15H2/b20-13-,24-14-,25-22+. The molecular formula is C22H16BrN3O2S. The van der Waals surface area contributed by atoms with Crippen LogP contribution in [0.2, 0.25) is 0 Å². The molecule has 2 aromatic carbocycles. The molecule has 0 aliphatic carbocycles. The highest BCUT2D eigenvalue weighted by Gasteiger charge is 2.34. The minimum Gasteiger partial charge on any atom is -0.467 e. The lowest BCUT2D eigenvalue weighted by atomic mass is 10.2. The van der Waals surface area contributed by atoms with E-state index in [4.69, 9.17) is 4.42 Å².